The highest BCUT2D eigenvalue weighted by Crippen LogP contribution is 2.18. The molecule has 0 aliphatic heterocycles. The third-order valence-electron chi connectivity index (χ3n) is 2.90. The number of carbonyl (C=O) groups is 1. The number of hydrogen-bond acceptors (Lipinski definition) is 3. The van der Waals surface area contributed by atoms with Gasteiger partial charge in [-0.05, 0) is 30.2 Å². The van der Waals surface area contributed by atoms with E-state index >= 15 is 0 Å². The van der Waals surface area contributed by atoms with Crippen molar-refractivity contribution in [2.24, 2.45) is 5.73 Å². The molecule has 2 aromatic rings. The number of amides is 1. The van der Waals surface area contributed by atoms with Crippen molar-refractivity contribution in [3.63, 3.8) is 0 Å². The third kappa shape index (κ3) is 3.42. The van der Waals surface area contributed by atoms with Crippen LogP contribution in [0.1, 0.15) is 19.8 Å². The zero-order chi connectivity index (χ0) is 13.7. The number of nitrogens with zero attached hydrogens (tertiary/aromatic N) is 1. The second-order valence-corrected chi connectivity index (χ2v) is 4.43. The Morgan fingerprint density at radius 2 is 2.11 bits per heavy atom. The fourth-order valence-electron chi connectivity index (χ4n) is 1.83. The van der Waals surface area contributed by atoms with Gasteiger partial charge in [0, 0.05) is 11.9 Å². The summed E-state index contributed by atoms with van der Waals surface area (Å²) in [7, 11) is 0. The third-order valence-corrected chi connectivity index (χ3v) is 2.90. The van der Waals surface area contributed by atoms with E-state index < -0.39 is 6.04 Å². The van der Waals surface area contributed by atoms with Gasteiger partial charge in [-0.3, -0.25) is 9.89 Å². The molecule has 1 amide bonds. The van der Waals surface area contributed by atoms with E-state index in [1.54, 1.807) is 6.20 Å². The van der Waals surface area contributed by atoms with E-state index in [0.29, 0.717) is 6.42 Å². The van der Waals surface area contributed by atoms with Crippen LogP contribution in [0.2, 0.25) is 0 Å². The van der Waals surface area contributed by atoms with Crippen LogP contribution in [0.3, 0.4) is 0 Å². The van der Waals surface area contributed by atoms with Crippen molar-refractivity contribution in [2.75, 3.05) is 5.32 Å². The Kier molecular flexibility index (Phi) is 4.30. The molecule has 2 rings (SSSR count). The van der Waals surface area contributed by atoms with Gasteiger partial charge in [0.1, 0.15) is 0 Å². The maximum atomic E-state index is 11.8. The van der Waals surface area contributed by atoms with Crippen LogP contribution in [-0.2, 0) is 4.79 Å². The molecule has 0 bridgehead atoms. The second-order valence-electron chi connectivity index (χ2n) is 4.43. The molecule has 0 saturated carbocycles. The Morgan fingerprint density at radius 3 is 2.68 bits per heavy atom. The minimum absolute atomic E-state index is 0.142. The summed E-state index contributed by atoms with van der Waals surface area (Å²) in [5, 5.41) is 9.60. The molecular weight excluding hydrogens is 240 g/mol. The van der Waals surface area contributed by atoms with Crippen molar-refractivity contribution in [1.29, 1.82) is 0 Å². The zero-order valence-corrected chi connectivity index (χ0v) is 10.9. The van der Waals surface area contributed by atoms with Crippen molar-refractivity contribution < 1.29 is 4.79 Å². The Morgan fingerprint density at radius 1 is 1.37 bits per heavy atom. The molecule has 0 aliphatic rings. The number of H-pyrrole nitrogens is 1. The molecule has 5 nitrogen and oxygen atoms in total. The van der Waals surface area contributed by atoms with E-state index in [0.717, 1.165) is 23.4 Å². The number of aromatic nitrogens is 2. The SMILES string of the molecule is CCCC(N)C(=O)Nc1ccc(-c2ccn[nH]2)cc1. The zero-order valence-electron chi connectivity index (χ0n) is 10.9. The van der Waals surface area contributed by atoms with Crippen LogP contribution < -0.4 is 11.1 Å². The first-order chi connectivity index (χ1) is 9.20. The molecule has 19 heavy (non-hydrogen) atoms. The minimum Gasteiger partial charge on any atom is -0.325 e. The highest BCUT2D eigenvalue weighted by atomic mass is 16.2. The first-order valence-electron chi connectivity index (χ1n) is 6.37. The molecule has 0 aliphatic carbocycles. The lowest BCUT2D eigenvalue weighted by atomic mass is 10.1. The van der Waals surface area contributed by atoms with Crippen LogP contribution in [0.15, 0.2) is 36.5 Å². The normalized spacial score (nSPS) is 12.1. The minimum atomic E-state index is -0.447. The molecule has 0 fully saturated rings. The predicted molar refractivity (Wildman–Crippen MR) is 75.5 cm³/mol. The number of benzene rings is 1. The second kappa shape index (κ2) is 6.15. The number of carbonyl (C=O) groups excluding carboxylic acids is 1. The highest BCUT2D eigenvalue weighted by Gasteiger charge is 2.12. The van der Waals surface area contributed by atoms with Gasteiger partial charge in [-0.2, -0.15) is 5.10 Å². The number of anilines is 1. The van der Waals surface area contributed by atoms with Gasteiger partial charge >= 0.3 is 0 Å². The van der Waals surface area contributed by atoms with Crippen molar-refractivity contribution in [3.05, 3.63) is 36.5 Å². The van der Waals surface area contributed by atoms with Crippen LogP contribution in [-0.4, -0.2) is 22.1 Å². The fourth-order valence-corrected chi connectivity index (χ4v) is 1.83. The molecule has 0 spiro atoms. The molecule has 1 heterocycles. The quantitative estimate of drug-likeness (QED) is 0.768. The van der Waals surface area contributed by atoms with Gasteiger partial charge in [0.05, 0.1) is 11.7 Å². The lowest BCUT2D eigenvalue weighted by Crippen LogP contribution is -2.35. The molecule has 1 aromatic heterocycles. The number of rotatable bonds is 5. The van der Waals surface area contributed by atoms with E-state index in [9.17, 15) is 4.79 Å². The Bertz CT molecular complexity index is 519. The highest BCUT2D eigenvalue weighted by molar-refractivity contribution is 5.94. The van der Waals surface area contributed by atoms with Crippen LogP contribution >= 0.6 is 0 Å². The van der Waals surface area contributed by atoms with Crippen molar-refractivity contribution in [3.8, 4) is 11.3 Å². The average molecular weight is 258 g/mol. The Balaban J connectivity index is 2.01. The molecule has 1 aromatic carbocycles. The van der Waals surface area contributed by atoms with Crippen molar-refractivity contribution >= 4 is 11.6 Å². The van der Waals surface area contributed by atoms with E-state index in [4.69, 9.17) is 5.73 Å². The van der Waals surface area contributed by atoms with Crippen molar-refractivity contribution in [1.82, 2.24) is 10.2 Å². The molecule has 1 atom stereocenters. The molecule has 4 N–H and O–H groups in total. The monoisotopic (exact) mass is 258 g/mol. The fraction of sp³-hybridized carbons (Fsp3) is 0.286. The number of nitrogens with two attached hydrogens (primary N) is 1. The van der Waals surface area contributed by atoms with Gasteiger partial charge in [-0.1, -0.05) is 25.5 Å². The largest absolute Gasteiger partial charge is 0.325 e. The first kappa shape index (κ1) is 13.3. The summed E-state index contributed by atoms with van der Waals surface area (Å²) in [5.41, 5.74) is 8.47. The summed E-state index contributed by atoms with van der Waals surface area (Å²) >= 11 is 0. The topological polar surface area (TPSA) is 83.8 Å². The standard InChI is InChI=1S/C14H18N4O/c1-2-3-12(15)14(19)17-11-6-4-10(5-7-11)13-8-9-16-18-13/h4-9,12H,2-3,15H2,1H3,(H,16,18)(H,17,19). The van der Waals surface area contributed by atoms with Gasteiger partial charge in [0.2, 0.25) is 5.91 Å². The van der Waals surface area contributed by atoms with Crippen LogP contribution in [0.4, 0.5) is 5.69 Å². The number of aromatic amines is 1. The summed E-state index contributed by atoms with van der Waals surface area (Å²) in [6.45, 7) is 2.01. The molecule has 0 radical (unpaired) electrons. The van der Waals surface area contributed by atoms with Gasteiger partial charge in [-0.25, -0.2) is 0 Å². The van der Waals surface area contributed by atoms with Crippen LogP contribution in [0, 0.1) is 0 Å². The van der Waals surface area contributed by atoms with Crippen LogP contribution in [0.5, 0.6) is 0 Å². The molecule has 1 unspecified atom stereocenters. The number of nitrogens with one attached hydrogen (secondary N) is 2. The molecule has 5 heteroatoms. The molecular formula is C14H18N4O. The summed E-state index contributed by atoms with van der Waals surface area (Å²) in [4.78, 5) is 11.8. The Hall–Kier alpha value is -2.14. The maximum absolute atomic E-state index is 11.8. The smallest absolute Gasteiger partial charge is 0.241 e. The van der Waals surface area contributed by atoms with E-state index in [2.05, 4.69) is 15.5 Å². The maximum Gasteiger partial charge on any atom is 0.241 e. The summed E-state index contributed by atoms with van der Waals surface area (Å²) in [6, 6.07) is 9.00. The van der Waals surface area contributed by atoms with E-state index in [1.165, 1.54) is 0 Å². The lowest BCUT2D eigenvalue weighted by Gasteiger charge is -2.11. The molecule has 100 valence electrons. The van der Waals surface area contributed by atoms with E-state index in [-0.39, 0.29) is 5.91 Å². The van der Waals surface area contributed by atoms with Crippen molar-refractivity contribution in [2.45, 2.75) is 25.8 Å². The number of hydrogen-bond donors (Lipinski definition) is 3. The van der Waals surface area contributed by atoms with Gasteiger partial charge < -0.3 is 11.1 Å². The Labute approximate surface area is 112 Å². The van der Waals surface area contributed by atoms with Crippen LogP contribution in [0.25, 0.3) is 11.3 Å². The van der Waals surface area contributed by atoms with Gasteiger partial charge in [0.15, 0.2) is 0 Å². The van der Waals surface area contributed by atoms with Gasteiger partial charge in [0.25, 0.3) is 0 Å². The summed E-state index contributed by atoms with van der Waals surface area (Å²) in [6.07, 6.45) is 3.29. The summed E-state index contributed by atoms with van der Waals surface area (Å²) in [5.74, 6) is -0.142. The summed E-state index contributed by atoms with van der Waals surface area (Å²) < 4.78 is 0. The molecule has 0 saturated heterocycles. The average Bonchev–Trinajstić information content (AvgIpc) is 2.94. The van der Waals surface area contributed by atoms with Gasteiger partial charge in [-0.15, -0.1) is 0 Å². The predicted octanol–water partition coefficient (Wildman–Crippen LogP) is 2.14. The van der Waals surface area contributed by atoms with E-state index in [1.807, 2.05) is 37.3 Å². The first-order valence-corrected chi connectivity index (χ1v) is 6.37. The lowest BCUT2D eigenvalue weighted by molar-refractivity contribution is -0.117.